The van der Waals surface area contributed by atoms with E-state index >= 15 is 0 Å². The van der Waals surface area contributed by atoms with Crippen LogP contribution in [0.4, 0.5) is 0 Å². The summed E-state index contributed by atoms with van der Waals surface area (Å²) in [6.07, 6.45) is 14.4. The lowest BCUT2D eigenvalue weighted by atomic mass is 9.84. The summed E-state index contributed by atoms with van der Waals surface area (Å²) >= 11 is 0. The lowest BCUT2D eigenvalue weighted by Crippen LogP contribution is -2.27. The number of hydrogen-bond acceptors (Lipinski definition) is 6. The smallest absolute Gasteiger partial charge is 0.264 e. The molecule has 0 saturated heterocycles. The van der Waals surface area contributed by atoms with Gasteiger partial charge >= 0.3 is 0 Å². The highest BCUT2D eigenvalue weighted by Crippen LogP contribution is 2.27. The van der Waals surface area contributed by atoms with Crippen molar-refractivity contribution in [3.05, 3.63) is 24.3 Å². The molecular weight excluding hydrogens is 388 g/mol. The van der Waals surface area contributed by atoms with Crippen LogP contribution in [0.5, 0.6) is 0 Å². The molecule has 160 valence electrons. The third-order valence-corrected chi connectivity index (χ3v) is 5.99. The van der Waals surface area contributed by atoms with Gasteiger partial charge in [0.05, 0.1) is 25.7 Å². The van der Waals surface area contributed by atoms with Gasteiger partial charge in [-0.3, -0.25) is 8.37 Å². The summed E-state index contributed by atoms with van der Waals surface area (Å²) in [6.45, 7) is 4.77. The zero-order valence-corrected chi connectivity index (χ0v) is 17.8. The van der Waals surface area contributed by atoms with Crippen LogP contribution >= 0.6 is 0 Å². The van der Waals surface area contributed by atoms with Crippen molar-refractivity contribution in [3.63, 3.8) is 0 Å². The van der Waals surface area contributed by atoms with E-state index in [1.54, 1.807) is 0 Å². The van der Waals surface area contributed by atoms with Crippen molar-refractivity contribution in [1.29, 1.82) is 0 Å². The first-order chi connectivity index (χ1) is 12.0. The van der Waals surface area contributed by atoms with E-state index in [1.165, 1.54) is 12.8 Å². The predicted octanol–water partition coefficient (Wildman–Crippen LogP) is 3.77. The van der Waals surface area contributed by atoms with Gasteiger partial charge in [-0.15, -0.1) is 0 Å². The van der Waals surface area contributed by atoms with Gasteiger partial charge in [-0.1, -0.05) is 45.6 Å². The Morgan fingerprint density at radius 1 is 0.704 bits per heavy atom. The molecule has 0 spiro atoms. The Morgan fingerprint density at radius 3 is 1.26 bits per heavy atom. The number of rotatable bonds is 6. The van der Waals surface area contributed by atoms with Crippen LogP contribution in [0, 0.1) is 23.7 Å². The van der Waals surface area contributed by atoms with Crippen LogP contribution in [-0.4, -0.2) is 42.6 Å². The fourth-order valence-corrected chi connectivity index (χ4v) is 3.69. The monoisotopic (exact) mass is 424 g/mol. The fraction of sp³-hybridized carbons (Fsp3) is 0.789. The van der Waals surface area contributed by atoms with Crippen LogP contribution in [0.2, 0.25) is 0 Å². The summed E-state index contributed by atoms with van der Waals surface area (Å²) in [5, 5.41) is 0. The fourth-order valence-electron chi connectivity index (χ4n) is 2.84. The predicted molar refractivity (Wildman–Crippen MR) is 110 cm³/mol. The van der Waals surface area contributed by atoms with Crippen molar-refractivity contribution in [2.75, 3.05) is 25.7 Å². The van der Waals surface area contributed by atoms with Gasteiger partial charge in [0, 0.05) is 0 Å². The summed E-state index contributed by atoms with van der Waals surface area (Å²) < 4.78 is 53.2. The SMILES string of the molecule is C.CC1CC=CCC1C.CS(=O)(=O)OCC1CC=CCC1COS(C)(=O)=O. The zero-order chi connectivity index (χ0) is 19.8. The van der Waals surface area contributed by atoms with E-state index in [4.69, 9.17) is 8.37 Å². The van der Waals surface area contributed by atoms with Crippen molar-refractivity contribution < 1.29 is 25.2 Å². The molecule has 0 bridgehead atoms. The van der Waals surface area contributed by atoms with Crippen LogP contribution in [0.3, 0.4) is 0 Å². The lowest BCUT2D eigenvalue weighted by molar-refractivity contribution is 0.146. The molecule has 2 rings (SSSR count). The molecule has 0 aromatic rings. The summed E-state index contributed by atoms with van der Waals surface area (Å²) in [6, 6.07) is 0. The van der Waals surface area contributed by atoms with Crippen LogP contribution in [-0.2, 0) is 28.6 Å². The molecule has 0 aromatic heterocycles. The minimum absolute atomic E-state index is 0. The third-order valence-electron chi connectivity index (χ3n) is 4.86. The minimum atomic E-state index is -3.47. The van der Waals surface area contributed by atoms with E-state index in [1.807, 2.05) is 12.2 Å². The second kappa shape index (κ2) is 12.0. The summed E-state index contributed by atoms with van der Waals surface area (Å²) in [7, 11) is -6.95. The van der Waals surface area contributed by atoms with Crippen molar-refractivity contribution >= 4 is 20.2 Å². The highest BCUT2D eigenvalue weighted by atomic mass is 32.2. The van der Waals surface area contributed by atoms with E-state index in [9.17, 15) is 16.8 Å². The molecule has 0 amide bonds. The lowest BCUT2D eigenvalue weighted by Gasteiger charge is -2.27. The van der Waals surface area contributed by atoms with E-state index in [0.29, 0.717) is 12.8 Å². The highest BCUT2D eigenvalue weighted by Gasteiger charge is 2.25. The van der Waals surface area contributed by atoms with Crippen molar-refractivity contribution in [3.8, 4) is 0 Å². The quantitative estimate of drug-likeness (QED) is 0.476. The molecule has 0 aliphatic heterocycles. The van der Waals surface area contributed by atoms with Crippen molar-refractivity contribution in [2.45, 2.75) is 47.0 Å². The van der Waals surface area contributed by atoms with Gasteiger partial charge in [0.15, 0.2) is 0 Å². The van der Waals surface area contributed by atoms with E-state index in [2.05, 4.69) is 26.0 Å². The Labute approximate surface area is 166 Å². The molecule has 0 aromatic carbocycles. The molecule has 0 fully saturated rings. The molecule has 2 aliphatic carbocycles. The van der Waals surface area contributed by atoms with Gasteiger partial charge in [0.25, 0.3) is 20.2 Å². The highest BCUT2D eigenvalue weighted by molar-refractivity contribution is 7.86. The first-order valence-corrected chi connectivity index (χ1v) is 12.6. The Kier molecular flexibility index (Phi) is 11.7. The van der Waals surface area contributed by atoms with Crippen LogP contribution in [0.1, 0.15) is 47.0 Å². The summed E-state index contributed by atoms with van der Waals surface area (Å²) in [5.41, 5.74) is 0. The topological polar surface area (TPSA) is 86.7 Å². The maximum absolute atomic E-state index is 10.9. The molecule has 0 N–H and O–H groups in total. The molecule has 6 nitrogen and oxygen atoms in total. The molecule has 8 heteroatoms. The largest absolute Gasteiger partial charge is 0.270 e. The van der Waals surface area contributed by atoms with Crippen LogP contribution in [0.25, 0.3) is 0 Å². The van der Waals surface area contributed by atoms with Crippen molar-refractivity contribution in [1.82, 2.24) is 0 Å². The zero-order valence-electron chi connectivity index (χ0n) is 16.1. The van der Waals surface area contributed by atoms with Gasteiger partial charge in [0.2, 0.25) is 0 Å². The third kappa shape index (κ3) is 12.4. The summed E-state index contributed by atoms with van der Waals surface area (Å²) in [4.78, 5) is 0. The second-order valence-corrected chi connectivity index (χ2v) is 10.6. The average Bonchev–Trinajstić information content (AvgIpc) is 2.54. The van der Waals surface area contributed by atoms with Gasteiger partial charge in [0.1, 0.15) is 0 Å². The normalized spacial score (nSPS) is 28.0. The molecule has 27 heavy (non-hydrogen) atoms. The maximum Gasteiger partial charge on any atom is 0.264 e. The second-order valence-electron chi connectivity index (χ2n) is 7.34. The average molecular weight is 425 g/mol. The maximum atomic E-state index is 10.9. The standard InChI is InChI=1S/C10H18O6S2.C8H14.CH4/c1-17(11,12)15-7-9-5-3-4-6-10(9)8-16-18(2,13)14;1-7-5-3-4-6-8(7)2;/h3-4,9-10H,5-8H2,1-2H3;3-4,7-8H,5-6H2,1-2H3;1H4. The van der Waals surface area contributed by atoms with Crippen LogP contribution in [0.15, 0.2) is 24.3 Å². The van der Waals surface area contributed by atoms with Gasteiger partial charge in [-0.25, -0.2) is 0 Å². The Bertz CT molecular complexity index is 621. The molecule has 0 heterocycles. The first-order valence-electron chi connectivity index (χ1n) is 8.96. The van der Waals surface area contributed by atoms with Gasteiger partial charge < -0.3 is 0 Å². The minimum Gasteiger partial charge on any atom is -0.270 e. The van der Waals surface area contributed by atoms with E-state index in [0.717, 1.165) is 24.3 Å². The molecule has 0 radical (unpaired) electrons. The van der Waals surface area contributed by atoms with Gasteiger partial charge in [-0.2, -0.15) is 16.8 Å². The van der Waals surface area contributed by atoms with Crippen molar-refractivity contribution in [2.24, 2.45) is 23.7 Å². The number of allylic oxidation sites excluding steroid dienone is 4. The molecule has 0 saturated carbocycles. The van der Waals surface area contributed by atoms with Crippen LogP contribution < -0.4 is 0 Å². The Hall–Kier alpha value is -0.700. The van der Waals surface area contributed by atoms with E-state index in [-0.39, 0.29) is 32.5 Å². The molecule has 2 aliphatic rings. The Morgan fingerprint density at radius 2 is 1.00 bits per heavy atom. The Balaban J connectivity index is 0.000000629. The first kappa shape index (κ1) is 26.3. The van der Waals surface area contributed by atoms with E-state index < -0.39 is 20.2 Å². The molecular formula is C19H36O6S2. The molecule has 4 atom stereocenters. The summed E-state index contributed by atoms with van der Waals surface area (Å²) in [5.74, 6) is 1.73. The van der Waals surface area contributed by atoms with Gasteiger partial charge in [-0.05, 0) is 49.4 Å². The number of hydrogen-bond donors (Lipinski definition) is 0. The molecule has 4 unspecified atom stereocenters.